The van der Waals surface area contributed by atoms with Crippen LogP contribution in [0.3, 0.4) is 0 Å². The first kappa shape index (κ1) is 18.7. The number of aldehydes is 4. The molecule has 1 unspecified atom stereocenters. The molecule has 0 N–H and O–H groups in total. The fourth-order valence-electron chi connectivity index (χ4n) is 2.99. The Morgan fingerprint density at radius 2 is 1.84 bits per heavy atom. The summed E-state index contributed by atoms with van der Waals surface area (Å²) in [4.78, 5) is 59.7. The van der Waals surface area contributed by atoms with Crippen LogP contribution in [0.5, 0.6) is 0 Å². The highest BCUT2D eigenvalue weighted by Crippen LogP contribution is 2.26. The number of likely N-dealkylation sites (N-methyl/N-ethyl adjacent to an activating group) is 1. The van der Waals surface area contributed by atoms with Gasteiger partial charge in [-0.25, -0.2) is 0 Å². The Kier molecular flexibility index (Phi) is 6.30. The Morgan fingerprint density at radius 1 is 1.16 bits per heavy atom. The van der Waals surface area contributed by atoms with Gasteiger partial charge < -0.3 is 19.3 Å². The second kappa shape index (κ2) is 8.43. The predicted molar refractivity (Wildman–Crippen MR) is 89.3 cm³/mol. The van der Waals surface area contributed by atoms with Crippen molar-refractivity contribution in [2.24, 2.45) is 0 Å². The third-order valence-electron chi connectivity index (χ3n) is 4.40. The van der Waals surface area contributed by atoms with Crippen molar-refractivity contribution < 1.29 is 24.0 Å². The Bertz CT molecular complexity index is 701. The van der Waals surface area contributed by atoms with Crippen molar-refractivity contribution in [2.75, 3.05) is 13.6 Å². The minimum absolute atomic E-state index is 0.173. The van der Waals surface area contributed by atoms with Gasteiger partial charge in [0.1, 0.15) is 18.9 Å². The molecule has 7 heteroatoms. The average molecular weight is 344 g/mol. The van der Waals surface area contributed by atoms with Gasteiger partial charge >= 0.3 is 0 Å². The molecule has 2 rings (SSSR count). The number of rotatable bonds is 9. The lowest BCUT2D eigenvalue weighted by atomic mass is 9.99. The maximum Gasteiger partial charge on any atom is 0.254 e. The summed E-state index contributed by atoms with van der Waals surface area (Å²) in [6, 6.07) is 2.59. The van der Waals surface area contributed by atoms with E-state index < -0.39 is 11.9 Å². The van der Waals surface area contributed by atoms with Crippen molar-refractivity contribution >= 4 is 31.1 Å². The minimum Gasteiger partial charge on any atom is -0.332 e. The highest BCUT2D eigenvalue weighted by atomic mass is 16.2. The molecule has 25 heavy (non-hydrogen) atoms. The quantitative estimate of drug-likeness (QED) is 0.610. The van der Waals surface area contributed by atoms with E-state index in [0.717, 1.165) is 17.4 Å². The van der Waals surface area contributed by atoms with E-state index in [0.29, 0.717) is 31.9 Å². The summed E-state index contributed by atoms with van der Waals surface area (Å²) >= 11 is 0. The third kappa shape index (κ3) is 4.06. The number of carbonyl (C=O) groups excluding carboxylic acids is 5. The highest BCUT2D eigenvalue weighted by Gasteiger charge is 2.26. The summed E-state index contributed by atoms with van der Waals surface area (Å²) in [6.45, 7) is 1.36. The Balaban J connectivity index is 2.29. The SMILES string of the molecule is CN(C(=O)c1cc2c(cc1C=O)CN(CC=O)C2)C(C=O)CCC=O. The number of fused-ring (bicyclic) bond motifs is 1. The van der Waals surface area contributed by atoms with Gasteiger partial charge in [-0.2, -0.15) is 0 Å². The number of carbonyl (C=O) groups is 5. The predicted octanol–water partition coefficient (Wildman–Crippen LogP) is 0.632. The van der Waals surface area contributed by atoms with E-state index in [1.165, 1.54) is 11.9 Å². The largest absolute Gasteiger partial charge is 0.332 e. The molecule has 1 aliphatic rings. The normalized spacial score (nSPS) is 14.4. The minimum atomic E-state index is -0.725. The smallest absolute Gasteiger partial charge is 0.254 e. The molecule has 7 nitrogen and oxygen atoms in total. The van der Waals surface area contributed by atoms with E-state index in [1.54, 1.807) is 12.1 Å². The molecule has 0 aromatic heterocycles. The van der Waals surface area contributed by atoms with Crippen molar-refractivity contribution in [3.63, 3.8) is 0 Å². The molecule has 0 saturated heterocycles. The van der Waals surface area contributed by atoms with Crippen LogP contribution in [0.25, 0.3) is 0 Å². The fourth-order valence-corrected chi connectivity index (χ4v) is 2.99. The highest BCUT2D eigenvalue weighted by molar-refractivity contribution is 6.02. The number of benzene rings is 1. The van der Waals surface area contributed by atoms with E-state index in [1.807, 2.05) is 4.90 Å². The zero-order valence-corrected chi connectivity index (χ0v) is 14.0. The molecule has 0 radical (unpaired) electrons. The van der Waals surface area contributed by atoms with Gasteiger partial charge in [0.15, 0.2) is 6.29 Å². The monoisotopic (exact) mass is 344 g/mol. The average Bonchev–Trinajstić information content (AvgIpc) is 3.01. The molecule has 0 spiro atoms. The van der Waals surface area contributed by atoms with Crippen LogP contribution in [0.1, 0.15) is 44.7 Å². The number of hydrogen-bond donors (Lipinski definition) is 0. The molecule has 1 aromatic carbocycles. The summed E-state index contributed by atoms with van der Waals surface area (Å²) < 4.78 is 0. The third-order valence-corrected chi connectivity index (χ3v) is 4.40. The van der Waals surface area contributed by atoms with Crippen LogP contribution in [-0.2, 0) is 27.5 Å². The maximum absolute atomic E-state index is 12.7. The van der Waals surface area contributed by atoms with Gasteiger partial charge in [-0.15, -0.1) is 0 Å². The Morgan fingerprint density at radius 3 is 2.40 bits per heavy atom. The molecule has 132 valence electrons. The van der Waals surface area contributed by atoms with Gasteiger partial charge in [-0.05, 0) is 29.7 Å². The Labute approximate surface area is 145 Å². The lowest BCUT2D eigenvalue weighted by Gasteiger charge is -2.24. The van der Waals surface area contributed by atoms with Crippen molar-refractivity contribution in [2.45, 2.75) is 32.0 Å². The molecular formula is C18H20N2O5. The van der Waals surface area contributed by atoms with Crippen molar-refractivity contribution in [3.8, 4) is 0 Å². The summed E-state index contributed by atoms with van der Waals surface area (Å²) in [5, 5.41) is 0. The van der Waals surface area contributed by atoms with Crippen molar-refractivity contribution in [1.29, 1.82) is 0 Å². The molecule has 0 bridgehead atoms. The second-order valence-electron chi connectivity index (χ2n) is 6.03. The lowest BCUT2D eigenvalue weighted by Crippen LogP contribution is -2.38. The zero-order valence-electron chi connectivity index (χ0n) is 14.0. The van der Waals surface area contributed by atoms with E-state index in [9.17, 15) is 24.0 Å². The van der Waals surface area contributed by atoms with E-state index >= 15 is 0 Å². The lowest BCUT2D eigenvalue weighted by molar-refractivity contribution is -0.112. The van der Waals surface area contributed by atoms with Crippen LogP contribution >= 0.6 is 0 Å². The van der Waals surface area contributed by atoms with Crippen molar-refractivity contribution in [3.05, 3.63) is 34.4 Å². The number of hydrogen-bond acceptors (Lipinski definition) is 6. The van der Waals surface area contributed by atoms with Crippen LogP contribution in [0, 0.1) is 0 Å². The summed E-state index contributed by atoms with van der Waals surface area (Å²) in [5.74, 6) is -0.443. The summed E-state index contributed by atoms with van der Waals surface area (Å²) in [5.41, 5.74) is 2.28. The number of nitrogens with zero attached hydrogens (tertiary/aromatic N) is 2. The molecule has 1 aliphatic heterocycles. The van der Waals surface area contributed by atoms with Gasteiger partial charge in [0.2, 0.25) is 0 Å². The first-order valence-corrected chi connectivity index (χ1v) is 7.98. The Hall–Kier alpha value is -2.67. The van der Waals surface area contributed by atoms with Gasteiger partial charge in [-0.3, -0.25) is 14.5 Å². The van der Waals surface area contributed by atoms with E-state index in [2.05, 4.69) is 0 Å². The first-order valence-electron chi connectivity index (χ1n) is 7.98. The van der Waals surface area contributed by atoms with Gasteiger partial charge in [-0.1, -0.05) is 0 Å². The van der Waals surface area contributed by atoms with Gasteiger partial charge in [0.05, 0.1) is 18.2 Å². The molecule has 0 fully saturated rings. The first-order chi connectivity index (χ1) is 12.0. The van der Waals surface area contributed by atoms with E-state index in [-0.39, 0.29) is 30.5 Å². The van der Waals surface area contributed by atoms with Gasteiger partial charge in [0, 0.05) is 32.1 Å². The van der Waals surface area contributed by atoms with Crippen molar-refractivity contribution in [1.82, 2.24) is 9.80 Å². The van der Waals surface area contributed by atoms with Crippen LogP contribution in [0.15, 0.2) is 12.1 Å². The van der Waals surface area contributed by atoms with Crippen LogP contribution in [0.2, 0.25) is 0 Å². The molecule has 1 atom stereocenters. The summed E-state index contributed by atoms with van der Waals surface area (Å²) in [6.07, 6.45) is 3.17. The molecular weight excluding hydrogens is 324 g/mol. The molecule has 1 aromatic rings. The topological polar surface area (TPSA) is 91.8 Å². The number of amides is 1. The van der Waals surface area contributed by atoms with Gasteiger partial charge in [0.25, 0.3) is 5.91 Å². The summed E-state index contributed by atoms with van der Waals surface area (Å²) in [7, 11) is 1.48. The van der Waals surface area contributed by atoms with E-state index in [4.69, 9.17) is 0 Å². The second-order valence-corrected chi connectivity index (χ2v) is 6.03. The molecule has 1 heterocycles. The molecule has 1 amide bonds. The van der Waals surface area contributed by atoms with Crippen LogP contribution in [0.4, 0.5) is 0 Å². The zero-order chi connectivity index (χ0) is 18.4. The van der Waals surface area contributed by atoms with Crippen LogP contribution in [-0.4, -0.2) is 60.5 Å². The molecule has 0 aliphatic carbocycles. The molecule has 0 saturated carbocycles. The standard InChI is InChI=1S/C18H20N2O5/c1-19(16(12-24)3-2-5-21)18(25)17-8-14-10-20(4-6-22)9-13(14)7-15(17)11-23/h5-8,11-12,16H,2-4,9-10H2,1H3. The fraction of sp³-hybridized carbons (Fsp3) is 0.389. The maximum atomic E-state index is 12.7. The van der Waals surface area contributed by atoms with Crippen LogP contribution < -0.4 is 0 Å².